The number of alkyl halides is 3. The lowest BCUT2D eigenvalue weighted by Gasteiger charge is -2.09. The van der Waals surface area contributed by atoms with Crippen LogP contribution in [0.15, 0.2) is 33.9 Å². The van der Waals surface area contributed by atoms with Crippen LogP contribution in [-0.4, -0.2) is 12.9 Å². The van der Waals surface area contributed by atoms with Gasteiger partial charge < -0.3 is 4.74 Å². The Morgan fingerprint density at radius 1 is 1.42 bits per heavy atom. The smallest absolute Gasteiger partial charge is 0.406 e. The molecule has 0 aliphatic rings. The summed E-state index contributed by atoms with van der Waals surface area (Å²) in [6.45, 7) is 0.333. The molecule has 0 fully saturated rings. The fourth-order valence-electron chi connectivity index (χ4n) is 1.23. The highest BCUT2D eigenvalue weighted by Gasteiger charge is 2.31. The fourth-order valence-corrected chi connectivity index (χ4v) is 1.72. The van der Waals surface area contributed by atoms with Crippen LogP contribution in [0.4, 0.5) is 13.2 Å². The summed E-state index contributed by atoms with van der Waals surface area (Å²) in [7, 11) is 0. The third kappa shape index (κ3) is 6.17. The minimum atomic E-state index is -4.70. The predicted octanol–water partition coefficient (Wildman–Crippen LogP) is 5.06. The summed E-state index contributed by atoms with van der Waals surface area (Å²) in [5.74, 6) is -0.286. The van der Waals surface area contributed by atoms with Crippen LogP contribution >= 0.6 is 15.9 Å². The number of azide groups is 1. The van der Waals surface area contributed by atoms with E-state index >= 15 is 0 Å². The zero-order chi connectivity index (χ0) is 14.3. The summed E-state index contributed by atoms with van der Waals surface area (Å²) in [5.41, 5.74) is 8.78. The monoisotopic (exact) mass is 335 g/mol. The van der Waals surface area contributed by atoms with Crippen LogP contribution in [0.3, 0.4) is 0 Å². The van der Waals surface area contributed by atoms with E-state index in [0.717, 1.165) is 0 Å². The highest BCUT2D eigenvalue weighted by Crippen LogP contribution is 2.28. The third-order valence-electron chi connectivity index (χ3n) is 1.96. The van der Waals surface area contributed by atoms with Crippen molar-refractivity contribution in [3.8, 4) is 5.75 Å². The minimum Gasteiger partial charge on any atom is -0.406 e. The topological polar surface area (TPSA) is 58.0 Å². The molecule has 1 aromatic carbocycles. The largest absolute Gasteiger partial charge is 0.573 e. The van der Waals surface area contributed by atoms with E-state index in [4.69, 9.17) is 5.53 Å². The standard InChI is InChI=1S/C11H9BrF3N3O/c12-10-7-9(19-11(13,14)15)5-4-8(10)3-1-2-6-17-18-16/h1,3-5,7H,2,6H2. The molecule has 0 saturated carbocycles. The molecule has 0 aromatic heterocycles. The molecule has 0 aliphatic heterocycles. The zero-order valence-electron chi connectivity index (χ0n) is 9.56. The molecular formula is C11H9BrF3N3O. The highest BCUT2D eigenvalue weighted by molar-refractivity contribution is 9.10. The molecule has 0 bridgehead atoms. The molecular weight excluding hydrogens is 327 g/mol. The molecule has 102 valence electrons. The van der Waals surface area contributed by atoms with Crippen molar-refractivity contribution in [3.63, 3.8) is 0 Å². The lowest BCUT2D eigenvalue weighted by Crippen LogP contribution is -2.17. The normalized spacial score (nSPS) is 11.4. The summed E-state index contributed by atoms with van der Waals surface area (Å²) < 4.78 is 40.3. The van der Waals surface area contributed by atoms with Gasteiger partial charge in [-0.05, 0) is 29.6 Å². The van der Waals surface area contributed by atoms with Crippen LogP contribution in [0.25, 0.3) is 16.5 Å². The van der Waals surface area contributed by atoms with Gasteiger partial charge in [0, 0.05) is 15.9 Å². The maximum atomic E-state index is 12.0. The van der Waals surface area contributed by atoms with Crippen molar-refractivity contribution in [2.45, 2.75) is 12.8 Å². The molecule has 0 N–H and O–H groups in total. The van der Waals surface area contributed by atoms with Crippen LogP contribution in [0.2, 0.25) is 0 Å². The maximum absolute atomic E-state index is 12.0. The molecule has 0 unspecified atom stereocenters. The van der Waals surface area contributed by atoms with Crippen molar-refractivity contribution in [1.29, 1.82) is 0 Å². The van der Waals surface area contributed by atoms with E-state index in [-0.39, 0.29) is 5.75 Å². The van der Waals surface area contributed by atoms with Gasteiger partial charge in [0.25, 0.3) is 0 Å². The first-order chi connectivity index (χ1) is 8.92. The Hall–Kier alpha value is -1.66. The Labute approximate surface area is 115 Å². The molecule has 8 heteroatoms. The molecule has 0 amide bonds. The van der Waals surface area contributed by atoms with E-state index < -0.39 is 6.36 Å². The molecule has 0 saturated heterocycles. The molecule has 0 spiro atoms. The van der Waals surface area contributed by atoms with Crippen molar-refractivity contribution in [1.82, 2.24) is 0 Å². The van der Waals surface area contributed by atoms with Crippen LogP contribution in [0.5, 0.6) is 5.75 Å². The van der Waals surface area contributed by atoms with Gasteiger partial charge in [-0.2, -0.15) is 0 Å². The summed E-state index contributed by atoms with van der Waals surface area (Å²) in [6.07, 6.45) is -0.670. The third-order valence-corrected chi connectivity index (χ3v) is 2.65. The van der Waals surface area contributed by atoms with Gasteiger partial charge in [0.2, 0.25) is 0 Å². The van der Waals surface area contributed by atoms with Crippen LogP contribution in [0.1, 0.15) is 12.0 Å². The Morgan fingerprint density at radius 2 is 2.16 bits per heavy atom. The van der Waals surface area contributed by atoms with E-state index in [9.17, 15) is 13.2 Å². The van der Waals surface area contributed by atoms with Gasteiger partial charge in [-0.25, -0.2) is 0 Å². The summed E-state index contributed by atoms with van der Waals surface area (Å²) in [4.78, 5) is 2.60. The predicted molar refractivity (Wildman–Crippen MR) is 68.5 cm³/mol. The van der Waals surface area contributed by atoms with Gasteiger partial charge in [0.1, 0.15) is 5.75 Å². The summed E-state index contributed by atoms with van der Waals surface area (Å²) >= 11 is 3.16. The number of benzene rings is 1. The lowest BCUT2D eigenvalue weighted by atomic mass is 10.2. The first-order valence-corrected chi connectivity index (χ1v) is 5.94. The Morgan fingerprint density at radius 3 is 2.74 bits per heavy atom. The van der Waals surface area contributed by atoms with Gasteiger partial charge in [0.15, 0.2) is 0 Å². The van der Waals surface area contributed by atoms with Crippen LogP contribution in [-0.2, 0) is 0 Å². The second kappa shape index (κ2) is 7.06. The molecule has 0 heterocycles. The van der Waals surface area contributed by atoms with Crippen molar-refractivity contribution in [3.05, 3.63) is 44.8 Å². The van der Waals surface area contributed by atoms with Crippen molar-refractivity contribution in [2.24, 2.45) is 5.11 Å². The number of hydrogen-bond donors (Lipinski definition) is 0. The molecule has 1 aromatic rings. The number of hydrogen-bond acceptors (Lipinski definition) is 2. The Kier molecular flexibility index (Phi) is 5.72. The van der Waals surface area contributed by atoms with Gasteiger partial charge in [0.05, 0.1) is 0 Å². The second-order valence-electron chi connectivity index (χ2n) is 3.38. The Bertz CT molecular complexity index is 510. The van der Waals surface area contributed by atoms with E-state index in [1.165, 1.54) is 18.2 Å². The number of nitrogens with zero attached hydrogens (tertiary/aromatic N) is 3. The van der Waals surface area contributed by atoms with E-state index in [0.29, 0.717) is 23.0 Å². The van der Waals surface area contributed by atoms with Crippen molar-refractivity contribution < 1.29 is 17.9 Å². The molecule has 0 aliphatic carbocycles. The quantitative estimate of drug-likeness (QED) is 0.321. The molecule has 1 rings (SSSR count). The summed E-state index contributed by atoms with van der Waals surface area (Å²) in [5, 5.41) is 3.35. The molecule has 0 radical (unpaired) electrons. The van der Waals surface area contributed by atoms with Gasteiger partial charge in [-0.15, -0.1) is 13.2 Å². The zero-order valence-corrected chi connectivity index (χ0v) is 11.1. The second-order valence-corrected chi connectivity index (χ2v) is 4.23. The van der Waals surface area contributed by atoms with E-state index in [1.807, 2.05) is 0 Å². The number of halogens is 4. The minimum absolute atomic E-state index is 0.286. The summed E-state index contributed by atoms with van der Waals surface area (Å²) in [6, 6.07) is 3.96. The molecule has 0 atom stereocenters. The van der Waals surface area contributed by atoms with Gasteiger partial charge >= 0.3 is 6.36 Å². The van der Waals surface area contributed by atoms with Crippen LogP contribution in [0, 0.1) is 0 Å². The number of rotatable bonds is 5. The van der Waals surface area contributed by atoms with E-state index in [2.05, 4.69) is 30.7 Å². The first-order valence-electron chi connectivity index (χ1n) is 5.15. The fraction of sp³-hybridized carbons (Fsp3) is 0.273. The number of ether oxygens (including phenoxy) is 1. The van der Waals surface area contributed by atoms with Gasteiger partial charge in [-0.1, -0.05) is 39.3 Å². The highest BCUT2D eigenvalue weighted by atomic mass is 79.9. The Balaban J connectivity index is 2.69. The van der Waals surface area contributed by atoms with Crippen LogP contribution < -0.4 is 4.74 Å². The lowest BCUT2D eigenvalue weighted by molar-refractivity contribution is -0.274. The van der Waals surface area contributed by atoms with Crippen molar-refractivity contribution >= 4 is 22.0 Å². The first kappa shape index (κ1) is 15.4. The van der Waals surface area contributed by atoms with Gasteiger partial charge in [-0.3, -0.25) is 0 Å². The average Bonchev–Trinajstić information content (AvgIpc) is 2.29. The average molecular weight is 336 g/mol. The molecule has 4 nitrogen and oxygen atoms in total. The SMILES string of the molecule is [N-]=[N+]=NCCC=Cc1ccc(OC(F)(F)F)cc1Br. The molecule has 19 heavy (non-hydrogen) atoms. The maximum Gasteiger partial charge on any atom is 0.573 e. The van der Waals surface area contributed by atoms with Crippen molar-refractivity contribution in [2.75, 3.05) is 6.54 Å². The van der Waals surface area contributed by atoms with E-state index in [1.54, 1.807) is 12.2 Å².